The van der Waals surface area contributed by atoms with Crippen LogP contribution in [0, 0.1) is 0 Å². The van der Waals surface area contributed by atoms with Gasteiger partial charge in [0.25, 0.3) is 0 Å². The molecule has 1 fully saturated rings. The van der Waals surface area contributed by atoms with Gasteiger partial charge in [-0.25, -0.2) is 4.98 Å². The quantitative estimate of drug-likeness (QED) is 0.550. The van der Waals surface area contributed by atoms with Gasteiger partial charge in [-0.15, -0.1) is 0 Å². The Hall–Kier alpha value is -1.03. The van der Waals surface area contributed by atoms with E-state index < -0.39 is 0 Å². The van der Waals surface area contributed by atoms with Gasteiger partial charge in [0, 0.05) is 12.4 Å². The number of imidazole rings is 1. The average molecular weight is 168 g/mol. The molecule has 1 aliphatic rings. The third-order valence-corrected chi connectivity index (χ3v) is 1.73. The summed E-state index contributed by atoms with van der Waals surface area (Å²) in [6, 6.07) is 0. The van der Waals surface area contributed by atoms with Crippen molar-refractivity contribution in [1.29, 1.82) is 0 Å². The van der Waals surface area contributed by atoms with Crippen LogP contribution in [-0.2, 0) is 0 Å². The van der Waals surface area contributed by atoms with E-state index >= 15 is 0 Å². The number of hydrogen-bond donors (Lipinski definition) is 2. The van der Waals surface area contributed by atoms with Crippen molar-refractivity contribution in [3.05, 3.63) is 18.7 Å². The molecule has 4 heteroatoms. The van der Waals surface area contributed by atoms with E-state index in [9.17, 15) is 0 Å². The first-order valence-electron chi connectivity index (χ1n) is 4.33. The topological polar surface area (TPSA) is 55.9 Å². The van der Waals surface area contributed by atoms with E-state index in [0.29, 0.717) is 0 Å². The standard InChI is InChI=1S/C5H11N.C3H5N3/c1-2-4-6-5-3-1;4-6-2-1-5-3-6/h6H,1-5H2;1-3H,4H2. The Balaban J connectivity index is 0.000000120. The van der Waals surface area contributed by atoms with E-state index in [1.807, 2.05) is 0 Å². The lowest BCUT2D eigenvalue weighted by Gasteiger charge is -2.08. The summed E-state index contributed by atoms with van der Waals surface area (Å²) < 4.78 is 1.39. The highest BCUT2D eigenvalue weighted by Gasteiger charge is 1.93. The van der Waals surface area contributed by atoms with Gasteiger partial charge in [-0.3, -0.25) is 4.68 Å². The molecule has 0 radical (unpaired) electrons. The van der Waals surface area contributed by atoms with Crippen LogP contribution < -0.4 is 11.2 Å². The molecule has 0 spiro atoms. The molecule has 0 unspecified atom stereocenters. The summed E-state index contributed by atoms with van der Waals surface area (Å²) in [6.45, 7) is 2.50. The molecule has 0 aromatic carbocycles. The Bertz CT molecular complexity index is 167. The van der Waals surface area contributed by atoms with Crippen LogP contribution >= 0.6 is 0 Å². The molecule has 1 aromatic heterocycles. The van der Waals surface area contributed by atoms with Crippen molar-refractivity contribution in [2.24, 2.45) is 0 Å². The lowest BCUT2D eigenvalue weighted by Crippen LogP contribution is -2.21. The summed E-state index contributed by atoms with van der Waals surface area (Å²) in [7, 11) is 0. The van der Waals surface area contributed by atoms with Crippen LogP contribution in [0.2, 0.25) is 0 Å². The monoisotopic (exact) mass is 168 g/mol. The molecular formula is C8H16N4. The number of nitrogen functional groups attached to an aromatic ring is 1. The van der Waals surface area contributed by atoms with E-state index in [2.05, 4.69) is 10.3 Å². The molecule has 4 nitrogen and oxygen atoms in total. The van der Waals surface area contributed by atoms with Crippen LogP contribution in [0.1, 0.15) is 19.3 Å². The van der Waals surface area contributed by atoms with E-state index in [1.165, 1.54) is 43.4 Å². The number of piperidine rings is 1. The summed E-state index contributed by atoms with van der Waals surface area (Å²) >= 11 is 0. The molecule has 12 heavy (non-hydrogen) atoms. The molecular weight excluding hydrogens is 152 g/mol. The van der Waals surface area contributed by atoms with Crippen molar-refractivity contribution in [3.63, 3.8) is 0 Å². The van der Waals surface area contributed by atoms with E-state index in [1.54, 1.807) is 12.4 Å². The normalized spacial score (nSPS) is 16.3. The van der Waals surface area contributed by atoms with Crippen LogP contribution in [0.15, 0.2) is 18.7 Å². The van der Waals surface area contributed by atoms with Crippen molar-refractivity contribution < 1.29 is 0 Å². The molecule has 0 aliphatic carbocycles. The number of aromatic nitrogens is 2. The highest BCUT2D eigenvalue weighted by molar-refractivity contribution is 4.71. The Kier molecular flexibility index (Phi) is 4.23. The van der Waals surface area contributed by atoms with Gasteiger partial charge in [0.05, 0.1) is 0 Å². The first kappa shape index (κ1) is 9.06. The van der Waals surface area contributed by atoms with Gasteiger partial charge in [-0.1, -0.05) is 6.42 Å². The summed E-state index contributed by atoms with van der Waals surface area (Å²) in [5, 5.41) is 3.28. The predicted octanol–water partition coefficient (Wildman–Crippen LogP) is 0.357. The number of nitrogens with zero attached hydrogens (tertiary/aromatic N) is 2. The number of nitrogens with two attached hydrogens (primary N) is 1. The summed E-state index contributed by atoms with van der Waals surface area (Å²) in [4.78, 5) is 3.66. The molecule has 0 atom stereocenters. The van der Waals surface area contributed by atoms with Crippen molar-refractivity contribution in [2.45, 2.75) is 19.3 Å². The van der Waals surface area contributed by atoms with Crippen LogP contribution in [0.4, 0.5) is 0 Å². The molecule has 1 aliphatic heterocycles. The Morgan fingerprint density at radius 1 is 1.25 bits per heavy atom. The second kappa shape index (κ2) is 5.60. The molecule has 1 saturated heterocycles. The molecule has 0 saturated carbocycles. The van der Waals surface area contributed by atoms with Crippen molar-refractivity contribution in [1.82, 2.24) is 15.0 Å². The fraction of sp³-hybridized carbons (Fsp3) is 0.625. The maximum atomic E-state index is 5.13. The Labute approximate surface area is 72.8 Å². The zero-order valence-electron chi connectivity index (χ0n) is 7.24. The fourth-order valence-corrected chi connectivity index (χ4v) is 1.07. The molecule has 2 heterocycles. The minimum absolute atomic E-state index is 1.25. The van der Waals surface area contributed by atoms with E-state index in [0.717, 1.165) is 0 Å². The van der Waals surface area contributed by atoms with Crippen molar-refractivity contribution in [3.8, 4) is 0 Å². The van der Waals surface area contributed by atoms with Gasteiger partial charge in [0.1, 0.15) is 6.33 Å². The largest absolute Gasteiger partial charge is 0.338 e. The third kappa shape index (κ3) is 3.98. The zero-order valence-corrected chi connectivity index (χ0v) is 7.24. The number of hydrogen-bond acceptors (Lipinski definition) is 3. The van der Waals surface area contributed by atoms with Crippen LogP contribution in [0.5, 0.6) is 0 Å². The minimum atomic E-state index is 1.25. The number of nitrogens with one attached hydrogen (secondary N) is 1. The van der Waals surface area contributed by atoms with Crippen molar-refractivity contribution >= 4 is 0 Å². The van der Waals surface area contributed by atoms with Crippen LogP contribution in [0.3, 0.4) is 0 Å². The highest BCUT2D eigenvalue weighted by Crippen LogP contribution is 1.96. The Morgan fingerprint density at radius 3 is 2.17 bits per heavy atom. The van der Waals surface area contributed by atoms with Gasteiger partial charge in [0.2, 0.25) is 0 Å². The van der Waals surface area contributed by atoms with E-state index in [-0.39, 0.29) is 0 Å². The average Bonchev–Trinajstić information content (AvgIpc) is 2.60. The van der Waals surface area contributed by atoms with Crippen molar-refractivity contribution in [2.75, 3.05) is 18.9 Å². The van der Waals surface area contributed by atoms with Gasteiger partial charge in [0.15, 0.2) is 0 Å². The van der Waals surface area contributed by atoms with E-state index in [4.69, 9.17) is 5.84 Å². The zero-order chi connectivity index (χ0) is 8.65. The maximum Gasteiger partial charge on any atom is 0.114 e. The second-order valence-electron chi connectivity index (χ2n) is 2.82. The minimum Gasteiger partial charge on any atom is -0.338 e. The van der Waals surface area contributed by atoms with Gasteiger partial charge in [-0.2, -0.15) is 0 Å². The molecule has 2 rings (SSSR count). The Morgan fingerprint density at radius 2 is 2.00 bits per heavy atom. The summed E-state index contributed by atoms with van der Waals surface area (Å²) in [5.74, 6) is 5.13. The maximum absolute atomic E-state index is 5.13. The summed E-state index contributed by atoms with van der Waals surface area (Å²) in [5.41, 5.74) is 0. The summed E-state index contributed by atoms with van der Waals surface area (Å²) in [6.07, 6.45) is 9.03. The third-order valence-electron chi connectivity index (χ3n) is 1.73. The second-order valence-corrected chi connectivity index (χ2v) is 2.82. The number of rotatable bonds is 0. The van der Waals surface area contributed by atoms with Crippen LogP contribution in [-0.4, -0.2) is 22.7 Å². The first-order chi connectivity index (χ1) is 5.89. The lowest BCUT2D eigenvalue weighted by atomic mass is 10.2. The fourth-order valence-electron chi connectivity index (χ4n) is 1.07. The molecule has 0 amide bonds. The molecule has 1 aromatic rings. The SMILES string of the molecule is C1CCNCC1.Nn1ccnc1. The molecule has 68 valence electrons. The highest BCUT2D eigenvalue weighted by atomic mass is 15.3. The van der Waals surface area contributed by atoms with Gasteiger partial charge < -0.3 is 11.2 Å². The van der Waals surface area contributed by atoms with Gasteiger partial charge in [-0.05, 0) is 25.9 Å². The molecule has 3 N–H and O–H groups in total. The molecule has 0 bridgehead atoms. The first-order valence-corrected chi connectivity index (χ1v) is 4.33. The van der Waals surface area contributed by atoms with Crippen LogP contribution in [0.25, 0.3) is 0 Å². The smallest absolute Gasteiger partial charge is 0.114 e. The lowest BCUT2D eigenvalue weighted by molar-refractivity contribution is 0.520. The predicted molar refractivity (Wildman–Crippen MR) is 49.1 cm³/mol. The van der Waals surface area contributed by atoms with Gasteiger partial charge >= 0.3 is 0 Å².